The number of carbonyl (C=O) groups is 2. The smallest absolute Gasteiger partial charge is 0.307 e. The van der Waals surface area contributed by atoms with Gasteiger partial charge in [0.15, 0.2) is 0 Å². The first kappa shape index (κ1) is 13.5. The molecule has 1 aliphatic carbocycles. The maximum atomic E-state index is 11.7. The summed E-state index contributed by atoms with van der Waals surface area (Å²) in [5, 5.41) is 11.5. The lowest BCUT2D eigenvalue weighted by Crippen LogP contribution is -2.20. The van der Waals surface area contributed by atoms with Gasteiger partial charge in [0.05, 0.1) is 13.0 Å². The van der Waals surface area contributed by atoms with E-state index in [4.69, 9.17) is 9.84 Å². The molecule has 0 unspecified atom stereocenters. The highest BCUT2D eigenvalue weighted by Gasteiger charge is 2.21. The molecule has 0 radical (unpaired) electrons. The fourth-order valence-electron chi connectivity index (χ4n) is 1.75. The average Bonchev–Trinajstić information content (AvgIpc) is 3.15. The minimum absolute atomic E-state index is 0.0118. The Morgan fingerprint density at radius 3 is 2.74 bits per heavy atom. The number of ether oxygens (including phenoxy) is 1. The van der Waals surface area contributed by atoms with Gasteiger partial charge in [-0.15, -0.1) is 0 Å². The lowest BCUT2D eigenvalue weighted by atomic mass is 10.1. The van der Waals surface area contributed by atoms with Crippen molar-refractivity contribution < 1.29 is 19.4 Å². The summed E-state index contributed by atoms with van der Waals surface area (Å²) in [5.41, 5.74) is 1.12. The predicted molar refractivity (Wildman–Crippen MR) is 70.0 cm³/mol. The Kier molecular flexibility index (Phi) is 4.52. The molecule has 1 amide bonds. The normalized spacial score (nSPS) is 14.1. The summed E-state index contributed by atoms with van der Waals surface area (Å²) in [7, 11) is 0. The van der Waals surface area contributed by atoms with Crippen molar-refractivity contribution in [3.8, 4) is 0 Å². The Morgan fingerprint density at radius 1 is 1.32 bits per heavy atom. The molecular weight excluding hydrogens is 246 g/mol. The summed E-state index contributed by atoms with van der Waals surface area (Å²) in [6, 6.07) is 6.88. The summed E-state index contributed by atoms with van der Waals surface area (Å²) in [4.78, 5) is 22.4. The van der Waals surface area contributed by atoms with Gasteiger partial charge in [0.25, 0.3) is 0 Å². The van der Waals surface area contributed by atoms with E-state index in [1.165, 1.54) is 12.8 Å². The Hall–Kier alpha value is -1.88. The van der Waals surface area contributed by atoms with E-state index in [0.717, 1.165) is 0 Å². The summed E-state index contributed by atoms with van der Waals surface area (Å²) in [6.07, 6.45) is 2.26. The maximum absolute atomic E-state index is 11.7. The molecule has 5 heteroatoms. The van der Waals surface area contributed by atoms with E-state index >= 15 is 0 Å². The molecule has 2 rings (SSSR count). The van der Waals surface area contributed by atoms with E-state index in [1.807, 2.05) is 0 Å². The molecular formula is C14H17NO4. The second-order valence-corrected chi connectivity index (χ2v) is 4.73. The van der Waals surface area contributed by atoms with Crippen molar-refractivity contribution in [2.24, 2.45) is 5.92 Å². The van der Waals surface area contributed by atoms with Crippen molar-refractivity contribution in [1.82, 2.24) is 0 Å². The highest BCUT2D eigenvalue weighted by molar-refractivity contribution is 5.93. The minimum atomic E-state index is -0.924. The number of benzene rings is 1. The standard InChI is InChI=1S/C14H17NO4/c16-13(9-19-8-10-5-6-10)15-12-4-2-1-3-11(12)7-14(17)18/h1-4,10H,5-9H2,(H,15,16)(H,17,18). The van der Waals surface area contributed by atoms with Gasteiger partial charge < -0.3 is 15.2 Å². The molecule has 1 fully saturated rings. The number of hydrogen-bond acceptors (Lipinski definition) is 3. The fraction of sp³-hybridized carbons (Fsp3) is 0.429. The van der Waals surface area contributed by atoms with Crippen LogP contribution in [0.1, 0.15) is 18.4 Å². The first-order chi connectivity index (χ1) is 9.15. The molecule has 0 atom stereocenters. The third-order valence-corrected chi connectivity index (χ3v) is 2.92. The number of carboxylic acid groups (broad SMARTS) is 1. The quantitative estimate of drug-likeness (QED) is 0.784. The van der Waals surface area contributed by atoms with Crippen LogP contribution in [-0.2, 0) is 20.7 Å². The van der Waals surface area contributed by atoms with Crippen molar-refractivity contribution in [2.45, 2.75) is 19.3 Å². The lowest BCUT2D eigenvalue weighted by Gasteiger charge is -2.09. The fourth-order valence-corrected chi connectivity index (χ4v) is 1.75. The van der Waals surface area contributed by atoms with E-state index < -0.39 is 5.97 Å². The SMILES string of the molecule is O=C(O)Cc1ccccc1NC(=O)COCC1CC1. The van der Waals surface area contributed by atoms with Crippen LogP contribution in [0.15, 0.2) is 24.3 Å². The van der Waals surface area contributed by atoms with Gasteiger partial charge >= 0.3 is 5.97 Å². The monoisotopic (exact) mass is 263 g/mol. The van der Waals surface area contributed by atoms with Gasteiger partial charge in [-0.05, 0) is 30.4 Å². The van der Waals surface area contributed by atoms with Gasteiger partial charge in [-0.2, -0.15) is 0 Å². The lowest BCUT2D eigenvalue weighted by molar-refractivity contribution is -0.136. The van der Waals surface area contributed by atoms with E-state index in [1.54, 1.807) is 24.3 Å². The number of aliphatic carboxylic acids is 1. The first-order valence-electron chi connectivity index (χ1n) is 6.32. The molecule has 0 heterocycles. The second kappa shape index (κ2) is 6.33. The molecule has 0 aliphatic heterocycles. The summed E-state index contributed by atoms with van der Waals surface area (Å²) < 4.78 is 5.28. The molecule has 19 heavy (non-hydrogen) atoms. The molecule has 0 bridgehead atoms. The van der Waals surface area contributed by atoms with Crippen LogP contribution < -0.4 is 5.32 Å². The third kappa shape index (κ3) is 4.71. The topological polar surface area (TPSA) is 75.6 Å². The minimum Gasteiger partial charge on any atom is -0.481 e. The Morgan fingerprint density at radius 2 is 2.05 bits per heavy atom. The van der Waals surface area contributed by atoms with Gasteiger partial charge in [0.2, 0.25) is 5.91 Å². The van der Waals surface area contributed by atoms with Crippen LogP contribution in [0.3, 0.4) is 0 Å². The maximum Gasteiger partial charge on any atom is 0.307 e. The van der Waals surface area contributed by atoms with Crippen LogP contribution in [0, 0.1) is 5.92 Å². The van der Waals surface area contributed by atoms with Gasteiger partial charge in [-0.3, -0.25) is 9.59 Å². The van der Waals surface area contributed by atoms with Crippen LogP contribution in [0.5, 0.6) is 0 Å². The van der Waals surface area contributed by atoms with E-state index in [9.17, 15) is 9.59 Å². The molecule has 1 saturated carbocycles. The van der Waals surface area contributed by atoms with Crippen LogP contribution >= 0.6 is 0 Å². The third-order valence-electron chi connectivity index (χ3n) is 2.92. The molecule has 2 N–H and O–H groups in total. The largest absolute Gasteiger partial charge is 0.481 e. The number of para-hydroxylation sites is 1. The average molecular weight is 263 g/mol. The number of anilines is 1. The summed E-state index contributed by atoms with van der Waals surface area (Å²) >= 11 is 0. The van der Waals surface area contributed by atoms with Crippen molar-refractivity contribution in [3.05, 3.63) is 29.8 Å². The van der Waals surface area contributed by atoms with Gasteiger partial charge in [0, 0.05) is 5.69 Å². The molecule has 1 aliphatic rings. The highest BCUT2D eigenvalue weighted by atomic mass is 16.5. The second-order valence-electron chi connectivity index (χ2n) is 4.73. The molecule has 1 aromatic carbocycles. The first-order valence-corrected chi connectivity index (χ1v) is 6.32. The van der Waals surface area contributed by atoms with Crippen molar-refractivity contribution in [3.63, 3.8) is 0 Å². The Balaban J connectivity index is 1.85. The Bertz CT molecular complexity index is 468. The predicted octanol–water partition coefficient (Wildman–Crippen LogP) is 1.68. The van der Waals surface area contributed by atoms with Gasteiger partial charge in [-0.1, -0.05) is 18.2 Å². The van der Waals surface area contributed by atoms with Crippen molar-refractivity contribution in [1.29, 1.82) is 0 Å². The molecule has 102 valence electrons. The molecule has 0 aromatic heterocycles. The van der Waals surface area contributed by atoms with Crippen LogP contribution in [0.4, 0.5) is 5.69 Å². The van der Waals surface area contributed by atoms with Gasteiger partial charge in [0.1, 0.15) is 6.61 Å². The molecule has 0 saturated heterocycles. The van der Waals surface area contributed by atoms with E-state index in [0.29, 0.717) is 23.8 Å². The molecule has 5 nitrogen and oxygen atoms in total. The zero-order valence-corrected chi connectivity index (χ0v) is 10.6. The zero-order valence-electron chi connectivity index (χ0n) is 10.6. The van der Waals surface area contributed by atoms with Crippen molar-refractivity contribution >= 4 is 17.6 Å². The van der Waals surface area contributed by atoms with Crippen LogP contribution in [0.25, 0.3) is 0 Å². The number of carboxylic acids is 1. The molecule has 1 aromatic rings. The number of carbonyl (C=O) groups excluding carboxylic acids is 1. The van der Waals surface area contributed by atoms with Crippen molar-refractivity contribution in [2.75, 3.05) is 18.5 Å². The van der Waals surface area contributed by atoms with Gasteiger partial charge in [-0.25, -0.2) is 0 Å². The number of nitrogens with one attached hydrogen (secondary N) is 1. The van der Waals surface area contributed by atoms with E-state index in [2.05, 4.69) is 5.32 Å². The number of rotatable bonds is 7. The Labute approximate surface area is 111 Å². The number of hydrogen-bond donors (Lipinski definition) is 2. The van der Waals surface area contributed by atoms with Crippen LogP contribution in [-0.4, -0.2) is 30.2 Å². The molecule has 0 spiro atoms. The zero-order chi connectivity index (χ0) is 13.7. The summed E-state index contributed by atoms with van der Waals surface area (Å²) in [6.45, 7) is 0.641. The highest BCUT2D eigenvalue weighted by Crippen LogP contribution is 2.28. The number of amides is 1. The summed E-state index contributed by atoms with van der Waals surface area (Å²) in [5.74, 6) is -0.558. The van der Waals surface area contributed by atoms with E-state index in [-0.39, 0.29) is 18.9 Å². The van der Waals surface area contributed by atoms with Crippen LogP contribution in [0.2, 0.25) is 0 Å².